The van der Waals surface area contributed by atoms with Crippen LogP contribution in [0.1, 0.15) is 26.5 Å². The van der Waals surface area contributed by atoms with Gasteiger partial charge in [-0.2, -0.15) is 10.2 Å². The van der Waals surface area contributed by atoms with E-state index in [1.165, 1.54) is 6.08 Å². The molecule has 0 fully saturated rings. The van der Waals surface area contributed by atoms with Crippen LogP contribution in [0.5, 0.6) is 11.6 Å². The zero-order chi connectivity index (χ0) is 17.7. The van der Waals surface area contributed by atoms with Gasteiger partial charge in [-0.3, -0.25) is 4.40 Å². The monoisotopic (exact) mass is 329 g/mol. The lowest BCUT2D eigenvalue weighted by atomic mass is 10.2. The summed E-state index contributed by atoms with van der Waals surface area (Å²) in [6.45, 7) is 6.74. The van der Waals surface area contributed by atoms with Crippen LogP contribution >= 0.6 is 0 Å². The van der Waals surface area contributed by atoms with Crippen LogP contribution in [-0.4, -0.2) is 33.7 Å². The SMILES string of the molecule is CCOc1cccn2c(/C=C(\C#N)C(=O)O)c(OCC(C)C)nc12. The van der Waals surface area contributed by atoms with Gasteiger partial charge in [0.2, 0.25) is 5.88 Å². The van der Waals surface area contributed by atoms with Crippen molar-refractivity contribution in [1.82, 2.24) is 9.38 Å². The second kappa shape index (κ2) is 7.51. The third-order valence-corrected chi connectivity index (χ3v) is 3.10. The molecule has 1 N–H and O–H groups in total. The first-order chi connectivity index (χ1) is 11.5. The molecule has 7 heteroatoms. The van der Waals surface area contributed by atoms with E-state index >= 15 is 0 Å². The normalized spacial score (nSPS) is 11.5. The zero-order valence-corrected chi connectivity index (χ0v) is 13.8. The van der Waals surface area contributed by atoms with E-state index in [0.717, 1.165) is 0 Å². The van der Waals surface area contributed by atoms with Crippen LogP contribution in [0.2, 0.25) is 0 Å². The molecule has 0 aliphatic carbocycles. The van der Waals surface area contributed by atoms with Gasteiger partial charge in [0.05, 0.1) is 13.2 Å². The molecule has 0 aliphatic rings. The van der Waals surface area contributed by atoms with Gasteiger partial charge in [-0.05, 0) is 31.1 Å². The molecule has 0 saturated carbocycles. The maximum absolute atomic E-state index is 11.2. The van der Waals surface area contributed by atoms with Crippen molar-refractivity contribution >= 4 is 17.7 Å². The highest BCUT2D eigenvalue weighted by atomic mass is 16.5. The second-order valence-electron chi connectivity index (χ2n) is 5.48. The molecular weight excluding hydrogens is 310 g/mol. The molecule has 2 rings (SSSR count). The summed E-state index contributed by atoms with van der Waals surface area (Å²) in [5.74, 6) is -0.205. The lowest BCUT2D eigenvalue weighted by Crippen LogP contribution is -2.06. The Kier molecular flexibility index (Phi) is 5.42. The summed E-state index contributed by atoms with van der Waals surface area (Å²) < 4.78 is 12.9. The van der Waals surface area contributed by atoms with E-state index in [2.05, 4.69) is 4.98 Å². The number of carbonyl (C=O) groups is 1. The fraction of sp³-hybridized carbons (Fsp3) is 0.353. The second-order valence-corrected chi connectivity index (χ2v) is 5.48. The highest BCUT2D eigenvalue weighted by Gasteiger charge is 2.18. The Hall–Kier alpha value is -3.01. The Balaban J connectivity index is 2.64. The van der Waals surface area contributed by atoms with Crippen molar-refractivity contribution in [3.05, 3.63) is 29.6 Å². The van der Waals surface area contributed by atoms with Gasteiger partial charge < -0.3 is 14.6 Å². The summed E-state index contributed by atoms with van der Waals surface area (Å²) in [5.41, 5.74) is 0.506. The zero-order valence-electron chi connectivity index (χ0n) is 13.8. The molecule has 0 atom stereocenters. The Bertz CT molecular complexity index is 815. The molecule has 2 heterocycles. The quantitative estimate of drug-likeness (QED) is 0.619. The molecule has 2 aromatic heterocycles. The number of carboxylic acids is 1. The van der Waals surface area contributed by atoms with Gasteiger partial charge in [0.15, 0.2) is 11.4 Å². The van der Waals surface area contributed by atoms with E-state index in [0.29, 0.717) is 30.3 Å². The number of aliphatic carboxylic acids is 1. The third kappa shape index (κ3) is 3.66. The number of ether oxygens (including phenoxy) is 2. The number of hydrogen-bond acceptors (Lipinski definition) is 5. The average Bonchev–Trinajstić information content (AvgIpc) is 2.89. The van der Waals surface area contributed by atoms with Gasteiger partial charge in [-0.15, -0.1) is 0 Å². The first kappa shape index (κ1) is 17.3. The lowest BCUT2D eigenvalue weighted by molar-refractivity contribution is -0.132. The minimum Gasteiger partial charge on any atom is -0.490 e. The number of imidazole rings is 1. The molecule has 0 bridgehead atoms. The highest BCUT2D eigenvalue weighted by molar-refractivity contribution is 5.96. The Labute approximate surface area is 139 Å². The Morgan fingerprint density at radius 2 is 2.25 bits per heavy atom. The standard InChI is InChI=1S/C17H19N3O4/c1-4-23-14-6-5-7-20-13(8-12(9-18)17(21)22)16(19-15(14)20)24-10-11(2)3/h5-8,11H,4,10H2,1-3H3,(H,21,22)/b12-8+. The van der Waals surface area contributed by atoms with E-state index in [1.807, 2.05) is 20.8 Å². The van der Waals surface area contributed by atoms with Gasteiger partial charge in [-0.25, -0.2) is 4.79 Å². The smallest absolute Gasteiger partial charge is 0.346 e. The molecule has 0 radical (unpaired) electrons. The molecule has 0 spiro atoms. The van der Waals surface area contributed by atoms with E-state index in [1.54, 1.807) is 28.8 Å². The molecule has 24 heavy (non-hydrogen) atoms. The van der Waals surface area contributed by atoms with Crippen molar-refractivity contribution in [2.24, 2.45) is 5.92 Å². The van der Waals surface area contributed by atoms with Crippen molar-refractivity contribution in [3.8, 4) is 17.7 Å². The first-order valence-corrected chi connectivity index (χ1v) is 7.59. The van der Waals surface area contributed by atoms with E-state index in [4.69, 9.17) is 19.8 Å². The molecule has 0 amide bonds. The fourth-order valence-corrected chi connectivity index (χ4v) is 2.07. The molecule has 0 unspecified atom stereocenters. The highest BCUT2D eigenvalue weighted by Crippen LogP contribution is 2.28. The number of nitrogens with zero attached hydrogens (tertiary/aromatic N) is 3. The summed E-state index contributed by atoms with van der Waals surface area (Å²) in [5, 5.41) is 18.1. The minimum atomic E-state index is -1.30. The van der Waals surface area contributed by atoms with Crippen LogP contribution < -0.4 is 9.47 Å². The number of hydrogen-bond donors (Lipinski definition) is 1. The van der Waals surface area contributed by atoms with Crippen molar-refractivity contribution in [2.45, 2.75) is 20.8 Å². The van der Waals surface area contributed by atoms with Crippen LogP contribution in [0, 0.1) is 17.2 Å². The average molecular weight is 329 g/mol. The number of nitriles is 1. The fourth-order valence-electron chi connectivity index (χ4n) is 2.07. The van der Waals surface area contributed by atoms with Gasteiger partial charge in [0, 0.05) is 6.20 Å². The van der Waals surface area contributed by atoms with Crippen LogP contribution in [0.15, 0.2) is 23.9 Å². The summed E-state index contributed by atoms with van der Waals surface area (Å²) >= 11 is 0. The lowest BCUT2D eigenvalue weighted by Gasteiger charge is -2.07. The summed E-state index contributed by atoms with van der Waals surface area (Å²) in [6, 6.07) is 5.20. The number of pyridine rings is 1. The van der Waals surface area contributed by atoms with Gasteiger partial charge in [0.1, 0.15) is 17.3 Å². The molecule has 0 aliphatic heterocycles. The largest absolute Gasteiger partial charge is 0.490 e. The van der Waals surface area contributed by atoms with Crippen molar-refractivity contribution in [3.63, 3.8) is 0 Å². The molecule has 7 nitrogen and oxygen atoms in total. The minimum absolute atomic E-state index is 0.268. The number of carboxylic acid groups (broad SMARTS) is 1. The Morgan fingerprint density at radius 1 is 1.50 bits per heavy atom. The molecular formula is C17H19N3O4. The maximum Gasteiger partial charge on any atom is 0.346 e. The Morgan fingerprint density at radius 3 is 2.83 bits per heavy atom. The first-order valence-electron chi connectivity index (χ1n) is 7.59. The van der Waals surface area contributed by atoms with Crippen molar-refractivity contribution in [1.29, 1.82) is 5.26 Å². The van der Waals surface area contributed by atoms with Crippen molar-refractivity contribution in [2.75, 3.05) is 13.2 Å². The summed E-state index contributed by atoms with van der Waals surface area (Å²) in [7, 11) is 0. The van der Waals surface area contributed by atoms with Crippen LogP contribution in [0.3, 0.4) is 0 Å². The van der Waals surface area contributed by atoms with Gasteiger partial charge in [-0.1, -0.05) is 13.8 Å². The van der Waals surface area contributed by atoms with Gasteiger partial charge in [0.25, 0.3) is 0 Å². The predicted molar refractivity (Wildman–Crippen MR) is 87.9 cm³/mol. The molecule has 0 saturated heterocycles. The van der Waals surface area contributed by atoms with Crippen molar-refractivity contribution < 1.29 is 19.4 Å². The summed E-state index contributed by atoms with van der Waals surface area (Å²) in [4.78, 5) is 15.6. The van der Waals surface area contributed by atoms with Crippen LogP contribution in [0.4, 0.5) is 0 Å². The third-order valence-electron chi connectivity index (χ3n) is 3.10. The molecule has 126 valence electrons. The van der Waals surface area contributed by atoms with E-state index in [-0.39, 0.29) is 11.8 Å². The number of rotatable bonds is 7. The van der Waals surface area contributed by atoms with Gasteiger partial charge >= 0.3 is 5.97 Å². The van der Waals surface area contributed by atoms with E-state index in [9.17, 15) is 4.79 Å². The number of fused-ring (bicyclic) bond motifs is 1. The van der Waals surface area contributed by atoms with Crippen LogP contribution in [-0.2, 0) is 4.79 Å². The summed E-state index contributed by atoms with van der Waals surface area (Å²) in [6.07, 6.45) is 2.98. The molecule has 2 aromatic rings. The molecule has 0 aromatic carbocycles. The number of aromatic nitrogens is 2. The maximum atomic E-state index is 11.2. The van der Waals surface area contributed by atoms with E-state index < -0.39 is 11.5 Å². The topological polar surface area (TPSA) is 96.9 Å². The van der Waals surface area contributed by atoms with Crippen LogP contribution in [0.25, 0.3) is 11.7 Å². The predicted octanol–water partition coefficient (Wildman–Crippen LogP) is 2.76.